The number of sulfonamides is 1. The van der Waals surface area contributed by atoms with Crippen molar-refractivity contribution < 1.29 is 8.42 Å². The minimum absolute atomic E-state index is 0.154. The standard InChI is InChI=1S/C14H22N4O3S/c1-10-16-13(7-14(19)17-10)18-6-2-3-11(9-18)8-15-22(20,21)12-4-5-12/h7,11-12,15H,2-6,8-9H2,1H3,(H,16,17,19). The molecule has 2 heterocycles. The molecule has 0 spiro atoms. The van der Waals surface area contributed by atoms with Crippen molar-refractivity contribution in [2.45, 2.75) is 37.9 Å². The van der Waals surface area contributed by atoms with Crippen LogP contribution in [0.5, 0.6) is 0 Å². The third-order valence-electron chi connectivity index (χ3n) is 4.23. The van der Waals surface area contributed by atoms with Crippen LogP contribution in [0.4, 0.5) is 5.82 Å². The van der Waals surface area contributed by atoms with Crippen LogP contribution in [0.3, 0.4) is 0 Å². The second-order valence-electron chi connectivity index (χ2n) is 6.24. The summed E-state index contributed by atoms with van der Waals surface area (Å²) in [6.07, 6.45) is 3.53. The molecule has 2 aliphatic rings. The van der Waals surface area contributed by atoms with Crippen LogP contribution in [-0.4, -0.2) is 43.3 Å². The number of hydrogen-bond donors (Lipinski definition) is 2. The van der Waals surface area contributed by atoms with E-state index in [1.165, 1.54) is 6.07 Å². The van der Waals surface area contributed by atoms with Gasteiger partial charge in [-0.2, -0.15) is 0 Å². The number of rotatable bonds is 5. The van der Waals surface area contributed by atoms with Crippen molar-refractivity contribution in [3.63, 3.8) is 0 Å². The Bertz CT molecular complexity index is 696. The van der Waals surface area contributed by atoms with Crippen LogP contribution in [0.2, 0.25) is 0 Å². The number of hydrogen-bond acceptors (Lipinski definition) is 5. The average Bonchev–Trinajstić information content (AvgIpc) is 3.30. The quantitative estimate of drug-likeness (QED) is 0.815. The maximum Gasteiger partial charge on any atom is 0.252 e. The highest BCUT2D eigenvalue weighted by Crippen LogP contribution is 2.28. The first-order valence-corrected chi connectivity index (χ1v) is 9.30. The first kappa shape index (κ1) is 15.5. The third-order valence-corrected chi connectivity index (χ3v) is 6.14. The first-order valence-electron chi connectivity index (χ1n) is 7.75. The molecule has 22 heavy (non-hydrogen) atoms. The summed E-state index contributed by atoms with van der Waals surface area (Å²) in [5, 5.41) is -0.177. The molecule has 7 nitrogen and oxygen atoms in total. The minimum atomic E-state index is -3.12. The monoisotopic (exact) mass is 326 g/mol. The summed E-state index contributed by atoms with van der Waals surface area (Å²) >= 11 is 0. The molecule has 1 aromatic heterocycles. The normalized spacial score (nSPS) is 22.8. The van der Waals surface area contributed by atoms with Crippen molar-refractivity contribution in [3.05, 3.63) is 22.2 Å². The number of nitrogens with one attached hydrogen (secondary N) is 2. The Morgan fingerprint density at radius 3 is 2.86 bits per heavy atom. The predicted octanol–water partition coefficient (Wildman–Crippen LogP) is 0.377. The summed E-state index contributed by atoms with van der Waals surface area (Å²) in [4.78, 5) is 20.6. The molecule has 1 saturated carbocycles. The van der Waals surface area contributed by atoms with Gasteiger partial charge in [-0.15, -0.1) is 0 Å². The summed E-state index contributed by atoms with van der Waals surface area (Å²) in [5.41, 5.74) is -0.154. The average molecular weight is 326 g/mol. The van der Waals surface area contributed by atoms with Gasteiger partial charge in [0.25, 0.3) is 5.56 Å². The second-order valence-corrected chi connectivity index (χ2v) is 8.28. The van der Waals surface area contributed by atoms with Gasteiger partial charge < -0.3 is 9.88 Å². The van der Waals surface area contributed by atoms with Crippen molar-refractivity contribution in [2.75, 3.05) is 24.5 Å². The lowest BCUT2D eigenvalue weighted by Gasteiger charge is -2.33. The number of nitrogens with zero attached hydrogens (tertiary/aromatic N) is 2. The highest BCUT2D eigenvalue weighted by molar-refractivity contribution is 7.90. The summed E-state index contributed by atoms with van der Waals surface area (Å²) in [7, 11) is -3.12. The van der Waals surface area contributed by atoms with Gasteiger partial charge in [0.05, 0.1) is 5.25 Å². The molecule has 1 saturated heterocycles. The lowest BCUT2D eigenvalue weighted by Crippen LogP contribution is -2.42. The van der Waals surface area contributed by atoms with Crippen molar-refractivity contribution in [1.82, 2.24) is 14.7 Å². The predicted molar refractivity (Wildman–Crippen MR) is 84.5 cm³/mol. The number of H-pyrrole nitrogens is 1. The van der Waals surface area contributed by atoms with Crippen molar-refractivity contribution in [2.24, 2.45) is 5.92 Å². The molecular formula is C14H22N4O3S. The Balaban J connectivity index is 1.62. The largest absolute Gasteiger partial charge is 0.356 e. The number of piperidine rings is 1. The molecule has 0 radical (unpaired) electrons. The topological polar surface area (TPSA) is 95.2 Å². The summed E-state index contributed by atoms with van der Waals surface area (Å²) in [6.45, 7) is 3.80. The Labute approximate surface area is 130 Å². The Hall–Kier alpha value is -1.41. The lowest BCUT2D eigenvalue weighted by atomic mass is 9.98. The molecule has 1 aliphatic carbocycles. The van der Waals surface area contributed by atoms with E-state index in [-0.39, 0.29) is 16.7 Å². The Morgan fingerprint density at radius 2 is 2.18 bits per heavy atom. The summed E-state index contributed by atoms with van der Waals surface area (Å²) < 4.78 is 26.5. The SMILES string of the molecule is Cc1nc(N2CCCC(CNS(=O)(=O)C3CC3)C2)cc(=O)[nH]1. The van der Waals surface area contributed by atoms with Crippen molar-refractivity contribution >= 4 is 15.8 Å². The molecule has 2 fully saturated rings. The highest BCUT2D eigenvalue weighted by Gasteiger charge is 2.36. The molecule has 1 unspecified atom stereocenters. The highest BCUT2D eigenvalue weighted by atomic mass is 32.2. The van der Waals surface area contributed by atoms with Gasteiger partial charge in [-0.3, -0.25) is 4.79 Å². The van der Waals surface area contributed by atoms with Gasteiger partial charge in [-0.1, -0.05) is 0 Å². The molecule has 0 bridgehead atoms. The molecule has 1 aromatic rings. The van der Waals surface area contributed by atoms with Crippen LogP contribution in [0.1, 0.15) is 31.5 Å². The van der Waals surface area contributed by atoms with E-state index in [1.807, 2.05) is 0 Å². The molecule has 1 aliphatic heterocycles. The van der Waals surface area contributed by atoms with Gasteiger partial charge in [0.15, 0.2) is 0 Å². The zero-order valence-corrected chi connectivity index (χ0v) is 13.5. The van der Waals surface area contributed by atoms with E-state index in [0.29, 0.717) is 18.2 Å². The maximum atomic E-state index is 11.9. The van der Waals surface area contributed by atoms with E-state index >= 15 is 0 Å². The number of aryl methyl sites for hydroxylation is 1. The minimum Gasteiger partial charge on any atom is -0.356 e. The van der Waals surface area contributed by atoms with Gasteiger partial charge in [0, 0.05) is 25.7 Å². The van der Waals surface area contributed by atoms with Gasteiger partial charge in [0.1, 0.15) is 11.6 Å². The van der Waals surface area contributed by atoms with Gasteiger partial charge in [-0.25, -0.2) is 18.1 Å². The zero-order chi connectivity index (χ0) is 15.7. The van der Waals surface area contributed by atoms with Crippen molar-refractivity contribution in [3.8, 4) is 0 Å². The Morgan fingerprint density at radius 1 is 1.41 bits per heavy atom. The fourth-order valence-electron chi connectivity index (χ4n) is 2.90. The lowest BCUT2D eigenvalue weighted by molar-refractivity contribution is 0.409. The van der Waals surface area contributed by atoms with Gasteiger partial charge >= 0.3 is 0 Å². The van der Waals surface area contributed by atoms with E-state index in [0.717, 1.165) is 38.8 Å². The molecule has 0 aromatic carbocycles. The first-order chi connectivity index (χ1) is 10.4. The molecular weight excluding hydrogens is 304 g/mol. The Kier molecular flexibility index (Phi) is 4.22. The van der Waals surface area contributed by atoms with Gasteiger partial charge in [-0.05, 0) is 38.5 Å². The molecule has 3 rings (SSSR count). The van der Waals surface area contributed by atoms with Crippen LogP contribution in [0.15, 0.2) is 10.9 Å². The fourth-order valence-corrected chi connectivity index (χ4v) is 4.36. The second kappa shape index (κ2) is 6.00. The maximum absolute atomic E-state index is 11.9. The molecule has 8 heteroatoms. The number of anilines is 1. The molecule has 122 valence electrons. The van der Waals surface area contributed by atoms with E-state index in [9.17, 15) is 13.2 Å². The fraction of sp³-hybridized carbons (Fsp3) is 0.714. The smallest absolute Gasteiger partial charge is 0.252 e. The zero-order valence-electron chi connectivity index (χ0n) is 12.7. The van der Waals surface area contributed by atoms with E-state index < -0.39 is 10.0 Å². The van der Waals surface area contributed by atoms with Gasteiger partial charge in [0.2, 0.25) is 10.0 Å². The summed E-state index contributed by atoms with van der Waals surface area (Å²) in [6, 6.07) is 1.50. The van der Waals surface area contributed by atoms with Crippen molar-refractivity contribution in [1.29, 1.82) is 0 Å². The third kappa shape index (κ3) is 3.67. The molecule has 1 atom stereocenters. The van der Waals surface area contributed by atoms with Crippen LogP contribution < -0.4 is 15.2 Å². The van der Waals surface area contributed by atoms with Crippen LogP contribution >= 0.6 is 0 Å². The van der Waals surface area contributed by atoms with Crippen LogP contribution in [0.25, 0.3) is 0 Å². The van der Waals surface area contributed by atoms with E-state index in [4.69, 9.17) is 0 Å². The number of aromatic amines is 1. The summed E-state index contributed by atoms with van der Waals surface area (Å²) in [5.74, 6) is 1.53. The molecule has 2 N–H and O–H groups in total. The molecule has 0 amide bonds. The van der Waals surface area contributed by atoms with Crippen LogP contribution in [-0.2, 0) is 10.0 Å². The van der Waals surface area contributed by atoms with E-state index in [2.05, 4.69) is 19.6 Å². The van der Waals surface area contributed by atoms with E-state index in [1.54, 1.807) is 6.92 Å². The number of aromatic nitrogens is 2. The van der Waals surface area contributed by atoms with Crippen LogP contribution in [0, 0.1) is 12.8 Å².